The lowest BCUT2D eigenvalue weighted by molar-refractivity contribution is -0.757. The first-order valence-corrected chi connectivity index (χ1v) is 10.2. The molecule has 0 bridgehead atoms. The zero-order valence-corrected chi connectivity index (χ0v) is 18.8. The van der Waals surface area contributed by atoms with Crippen LogP contribution in [0.15, 0.2) is 40.5 Å². The minimum Gasteiger partial charge on any atom is -0.465 e. The van der Waals surface area contributed by atoms with Crippen LogP contribution < -0.4 is 5.73 Å². The van der Waals surface area contributed by atoms with E-state index in [2.05, 4.69) is 14.7 Å². The first kappa shape index (κ1) is 27.4. The van der Waals surface area contributed by atoms with E-state index in [0.29, 0.717) is 0 Å². The second-order valence-corrected chi connectivity index (χ2v) is 7.08. The van der Waals surface area contributed by atoms with Crippen LogP contribution in [-0.2, 0) is 28.7 Å². The van der Waals surface area contributed by atoms with Crippen LogP contribution in [0.5, 0.6) is 0 Å². The average Bonchev–Trinajstić information content (AvgIpc) is 2.80. The van der Waals surface area contributed by atoms with Crippen LogP contribution in [0.1, 0.15) is 24.8 Å². The van der Waals surface area contributed by atoms with Crippen LogP contribution in [0.4, 0.5) is 5.69 Å². The molecule has 2 atom stereocenters. The van der Waals surface area contributed by atoms with Gasteiger partial charge in [-0.25, -0.2) is 9.79 Å². The summed E-state index contributed by atoms with van der Waals surface area (Å²) < 4.78 is 10.1. The molecular formula is C19H21N5O12. The zero-order valence-electron chi connectivity index (χ0n) is 18.8. The number of ether oxygens (including phenoxy) is 2. The second-order valence-electron chi connectivity index (χ2n) is 7.08. The van der Waals surface area contributed by atoms with E-state index in [1.807, 2.05) is 0 Å². The van der Waals surface area contributed by atoms with E-state index >= 15 is 0 Å². The number of nitro groups is 1. The van der Waals surface area contributed by atoms with Crippen LogP contribution in [0, 0.1) is 36.3 Å². The molecule has 2 unspecified atom stereocenters. The van der Waals surface area contributed by atoms with Gasteiger partial charge in [0.05, 0.1) is 29.4 Å². The smallest absolute Gasteiger partial charge is 0.336 e. The fourth-order valence-electron chi connectivity index (χ4n) is 3.45. The number of para-hydroxylation sites is 1. The third-order valence-corrected chi connectivity index (χ3v) is 4.83. The quantitative estimate of drug-likeness (QED) is 0.167. The number of hydrogen-bond acceptors (Lipinski definition) is 14. The third kappa shape index (κ3) is 7.08. The van der Waals surface area contributed by atoms with Gasteiger partial charge in [0.15, 0.2) is 0 Å². The number of carbonyl (C=O) groups excluding carboxylic acids is 2. The maximum atomic E-state index is 13.0. The number of nitro benzene ring substituents is 1. The number of esters is 2. The number of amidine groups is 1. The molecule has 17 heteroatoms. The molecule has 1 aliphatic rings. The predicted octanol–water partition coefficient (Wildman–Crippen LogP) is 0.832. The molecule has 0 amide bonds. The van der Waals surface area contributed by atoms with Crippen molar-refractivity contribution in [2.75, 3.05) is 26.4 Å². The summed E-state index contributed by atoms with van der Waals surface area (Å²) in [5, 5.41) is 30.1. The predicted molar refractivity (Wildman–Crippen MR) is 116 cm³/mol. The standard InChI is InChI=1S/C19H21N5O12/c1-11-14(18(25)34-9-10-36-24(31)32)15(12-5-2-3-6-13(12)22(27)28)16(17(20)21-11)19(26)33-7-4-8-35-23(29)30/h2-3,5-6,15-16H,4,7-10H2,1H3,(H2,20,21). The zero-order chi connectivity index (χ0) is 26.8. The molecule has 0 spiro atoms. The maximum absolute atomic E-state index is 13.0. The molecule has 0 aliphatic carbocycles. The summed E-state index contributed by atoms with van der Waals surface area (Å²) in [5.74, 6) is -5.22. The third-order valence-electron chi connectivity index (χ3n) is 4.83. The van der Waals surface area contributed by atoms with Crippen molar-refractivity contribution >= 4 is 23.5 Å². The number of carbonyl (C=O) groups is 2. The van der Waals surface area contributed by atoms with Gasteiger partial charge in [0, 0.05) is 24.0 Å². The summed E-state index contributed by atoms with van der Waals surface area (Å²) in [6.45, 7) is -0.420. The molecule has 0 radical (unpaired) electrons. The van der Waals surface area contributed by atoms with Crippen molar-refractivity contribution in [1.29, 1.82) is 0 Å². The van der Waals surface area contributed by atoms with E-state index in [0.717, 1.165) is 6.07 Å². The lowest BCUT2D eigenvalue weighted by Crippen LogP contribution is -2.41. The van der Waals surface area contributed by atoms with Gasteiger partial charge < -0.3 is 24.9 Å². The summed E-state index contributed by atoms with van der Waals surface area (Å²) in [7, 11) is 0. The molecule has 0 saturated carbocycles. The molecule has 1 heterocycles. The van der Waals surface area contributed by atoms with Crippen LogP contribution in [-0.4, -0.2) is 59.3 Å². The number of rotatable bonds is 13. The van der Waals surface area contributed by atoms with Gasteiger partial charge in [-0.1, -0.05) is 18.2 Å². The number of hydrogen-bond donors (Lipinski definition) is 1. The van der Waals surface area contributed by atoms with E-state index in [1.54, 1.807) is 0 Å². The minimum absolute atomic E-state index is 0.000668. The molecule has 36 heavy (non-hydrogen) atoms. The largest absolute Gasteiger partial charge is 0.465 e. The van der Waals surface area contributed by atoms with Crippen molar-refractivity contribution in [3.05, 3.63) is 71.4 Å². The molecule has 2 N–H and O–H groups in total. The molecule has 0 aromatic heterocycles. The van der Waals surface area contributed by atoms with Crippen LogP contribution in [0.3, 0.4) is 0 Å². The molecule has 0 fully saturated rings. The van der Waals surface area contributed by atoms with E-state index in [1.165, 1.54) is 25.1 Å². The van der Waals surface area contributed by atoms with Gasteiger partial charge in [0.1, 0.15) is 25.0 Å². The van der Waals surface area contributed by atoms with Gasteiger partial charge >= 0.3 is 11.9 Å². The van der Waals surface area contributed by atoms with Crippen LogP contribution in [0.25, 0.3) is 0 Å². The number of nitrogens with zero attached hydrogens (tertiary/aromatic N) is 4. The maximum Gasteiger partial charge on any atom is 0.336 e. The Morgan fingerprint density at radius 3 is 2.25 bits per heavy atom. The second kappa shape index (κ2) is 12.6. The molecule has 1 aromatic carbocycles. The topological polar surface area (TPSA) is 239 Å². The molecular weight excluding hydrogens is 490 g/mol. The Balaban J connectivity index is 2.41. The molecule has 194 valence electrons. The van der Waals surface area contributed by atoms with Crippen LogP contribution >= 0.6 is 0 Å². The van der Waals surface area contributed by atoms with Crippen molar-refractivity contribution in [1.82, 2.24) is 0 Å². The minimum atomic E-state index is -1.50. The molecule has 1 aromatic rings. The summed E-state index contributed by atoms with van der Waals surface area (Å²) in [6.07, 6.45) is -0.0488. The SMILES string of the molecule is CC1=C(C(=O)OCCO[N+](=O)[O-])C(c2ccccc2[N+](=O)[O-])C(C(=O)OCCCO[N+](=O)[O-])C(N)=N1. The Labute approximate surface area is 201 Å². The lowest BCUT2D eigenvalue weighted by Gasteiger charge is -2.30. The Hall–Kier alpha value is -4.83. The highest BCUT2D eigenvalue weighted by Gasteiger charge is 2.45. The van der Waals surface area contributed by atoms with Gasteiger partial charge in [-0.05, 0) is 6.92 Å². The van der Waals surface area contributed by atoms with Gasteiger partial charge in [-0.2, -0.15) is 0 Å². The Morgan fingerprint density at radius 1 is 0.972 bits per heavy atom. The van der Waals surface area contributed by atoms with Crippen molar-refractivity contribution in [2.45, 2.75) is 19.3 Å². The normalized spacial score (nSPS) is 17.0. The fourth-order valence-corrected chi connectivity index (χ4v) is 3.45. The Morgan fingerprint density at radius 2 is 1.61 bits per heavy atom. The first-order valence-electron chi connectivity index (χ1n) is 10.2. The highest BCUT2D eigenvalue weighted by Crippen LogP contribution is 2.42. The number of benzene rings is 1. The van der Waals surface area contributed by atoms with Crippen molar-refractivity contribution in [2.24, 2.45) is 16.6 Å². The molecule has 2 rings (SSSR count). The fraction of sp³-hybridized carbons (Fsp3) is 0.421. The first-order chi connectivity index (χ1) is 17.0. The lowest BCUT2D eigenvalue weighted by atomic mass is 9.76. The highest BCUT2D eigenvalue weighted by atomic mass is 17.0. The Bertz CT molecular complexity index is 1100. The van der Waals surface area contributed by atoms with Crippen molar-refractivity contribution < 1.29 is 43.8 Å². The monoisotopic (exact) mass is 511 g/mol. The van der Waals surface area contributed by atoms with Crippen molar-refractivity contribution in [3.63, 3.8) is 0 Å². The number of nitrogens with two attached hydrogens (primary N) is 1. The van der Waals surface area contributed by atoms with Gasteiger partial charge in [-0.3, -0.25) is 14.9 Å². The summed E-state index contributed by atoms with van der Waals surface area (Å²) in [6, 6.07) is 5.32. The number of aliphatic imine (C=N–C) groups is 1. The number of allylic oxidation sites excluding steroid dienone is 1. The van der Waals surface area contributed by atoms with E-state index < -0.39 is 57.8 Å². The molecule has 17 nitrogen and oxygen atoms in total. The van der Waals surface area contributed by atoms with Crippen LogP contribution in [0.2, 0.25) is 0 Å². The van der Waals surface area contributed by atoms with Gasteiger partial charge in [-0.15, -0.1) is 20.2 Å². The molecule has 1 aliphatic heterocycles. The van der Waals surface area contributed by atoms with Gasteiger partial charge in [0.25, 0.3) is 15.9 Å². The summed E-state index contributed by atoms with van der Waals surface area (Å²) >= 11 is 0. The highest BCUT2D eigenvalue weighted by molar-refractivity contribution is 6.06. The Kier molecular flexibility index (Phi) is 9.58. The molecule has 0 saturated heterocycles. The average molecular weight is 511 g/mol. The van der Waals surface area contributed by atoms with E-state index in [4.69, 9.17) is 15.2 Å². The summed E-state index contributed by atoms with van der Waals surface area (Å²) in [4.78, 5) is 69.7. The van der Waals surface area contributed by atoms with Gasteiger partial charge in [0.2, 0.25) is 0 Å². The van der Waals surface area contributed by atoms with E-state index in [9.17, 15) is 39.9 Å². The summed E-state index contributed by atoms with van der Waals surface area (Å²) in [5.41, 5.74) is 5.25. The van der Waals surface area contributed by atoms with E-state index in [-0.39, 0.29) is 42.3 Å². The van der Waals surface area contributed by atoms with Crippen molar-refractivity contribution in [3.8, 4) is 0 Å².